The minimum Gasteiger partial charge on any atom is -0.338 e. The van der Waals surface area contributed by atoms with Crippen LogP contribution in [0.4, 0.5) is 0 Å². The summed E-state index contributed by atoms with van der Waals surface area (Å²) in [6, 6.07) is 7.74. The van der Waals surface area contributed by atoms with Gasteiger partial charge in [-0.3, -0.25) is 4.79 Å². The number of benzene rings is 1. The predicted molar refractivity (Wildman–Crippen MR) is 111 cm³/mol. The van der Waals surface area contributed by atoms with Crippen molar-refractivity contribution in [2.75, 3.05) is 18.1 Å². The van der Waals surface area contributed by atoms with Gasteiger partial charge < -0.3 is 9.47 Å². The number of aryl methyl sites for hydroxylation is 1. The van der Waals surface area contributed by atoms with Crippen molar-refractivity contribution < 1.29 is 13.2 Å². The molecule has 0 saturated carbocycles. The molecule has 3 rings (SSSR count). The fourth-order valence-electron chi connectivity index (χ4n) is 3.53. The summed E-state index contributed by atoms with van der Waals surface area (Å²) in [6.07, 6.45) is 0.515. The van der Waals surface area contributed by atoms with E-state index in [9.17, 15) is 13.2 Å². The van der Waals surface area contributed by atoms with Crippen LogP contribution in [0.15, 0.2) is 29.4 Å². The van der Waals surface area contributed by atoms with Crippen molar-refractivity contribution in [3.05, 3.63) is 29.8 Å². The van der Waals surface area contributed by atoms with Crippen LogP contribution in [0.3, 0.4) is 0 Å². The largest absolute Gasteiger partial charge is 0.338 e. The Kier molecular flexibility index (Phi) is 6.14. The maximum atomic E-state index is 13.0. The van der Waals surface area contributed by atoms with Gasteiger partial charge in [-0.2, -0.15) is 0 Å². The molecule has 152 valence electrons. The smallest absolute Gasteiger partial charge is 0.236 e. The predicted octanol–water partition coefficient (Wildman–Crippen LogP) is 2.31. The van der Waals surface area contributed by atoms with E-state index in [1.54, 1.807) is 4.90 Å². The monoisotopic (exact) mass is 422 g/mol. The summed E-state index contributed by atoms with van der Waals surface area (Å²) in [5, 5.41) is 8.86. The molecule has 0 unspecified atom stereocenters. The maximum Gasteiger partial charge on any atom is 0.236 e. The molecule has 1 aliphatic heterocycles. The molecule has 1 fully saturated rings. The first-order valence-electron chi connectivity index (χ1n) is 9.36. The van der Waals surface area contributed by atoms with E-state index in [1.165, 1.54) is 11.8 Å². The minimum absolute atomic E-state index is 0.0601. The first-order valence-corrected chi connectivity index (χ1v) is 12.1. The number of aromatic nitrogens is 3. The highest BCUT2D eigenvalue weighted by Crippen LogP contribution is 2.29. The Labute approximate surface area is 170 Å². The number of rotatable bonds is 6. The van der Waals surface area contributed by atoms with Crippen LogP contribution in [0.25, 0.3) is 11.4 Å². The second-order valence-electron chi connectivity index (χ2n) is 7.12. The maximum absolute atomic E-state index is 13.0. The number of carbonyl (C=O) groups is 1. The van der Waals surface area contributed by atoms with Gasteiger partial charge in [0.2, 0.25) is 5.91 Å². The van der Waals surface area contributed by atoms with Gasteiger partial charge in [-0.25, -0.2) is 8.42 Å². The van der Waals surface area contributed by atoms with Crippen LogP contribution in [0.1, 0.15) is 25.8 Å². The van der Waals surface area contributed by atoms with Gasteiger partial charge in [-0.05, 0) is 32.8 Å². The zero-order chi connectivity index (χ0) is 20.5. The van der Waals surface area contributed by atoms with E-state index in [1.807, 2.05) is 56.7 Å². The highest BCUT2D eigenvalue weighted by molar-refractivity contribution is 8.00. The van der Waals surface area contributed by atoms with Crippen molar-refractivity contribution >= 4 is 27.5 Å². The zero-order valence-corrected chi connectivity index (χ0v) is 18.3. The van der Waals surface area contributed by atoms with E-state index in [2.05, 4.69) is 10.2 Å². The third-order valence-corrected chi connectivity index (χ3v) is 8.00. The molecular formula is C19H26N4O3S2. The van der Waals surface area contributed by atoms with Crippen molar-refractivity contribution in [1.29, 1.82) is 0 Å². The Morgan fingerprint density at radius 3 is 2.68 bits per heavy atom. The van der Waals surface area contributed by atoms with Crippen molar-refractivity contribution in [2.45, 2.75) is 43.6 Å². The van der Waals surface area contributed by atoms with Gasteiger partial charge >= 0.3 is 0 Å². The topological polar surface area (TPSA) is 85.2 Å². The first kappa shape index (κ1) is 20.9. The third-order valence-electron chi connectivity index (χ3n) is 5.12. The van der Waals surface area contributed by atoms with Crippen LogP contribution >= 0.6 is 11.8 Å². The molecule has 0 radical (unpaired) electrons. The number of nitrogens with zero attached hydrogens (tertiary/aromatic N) is 4. The summed E-state index contributed by atoms with van der Waals surface area (Å²) >= 11 is 1.35. The summed E-state index contributed by atoms with van der Waals surface area (Å²) in [7, 11) is -1.14. The van der Waals surface area contributed by atoms with Crippen molar-refractivity contribution in [3.8, 4) is 11.4 Å². The Hall–Kier alpha value is -1.87. The SMILES string of the molecule is CCN(C(=O)[C@H](C)Sc1nnc(-c2ccccc2C)n1C)[C@@H]1CCS(=O)(=O)C1. The Morgan fingerprint density at radius 2 is 2.07 bits per heavy atom. The molecule has 0 spiro atoms. The van der Waals surface area contributed by atoms with Crippen LogP contribution < -0.4 is 0 Å². The standard InChI is InChI=1S/C19H26N4O3S2/c1-5-23(15-10-11-28(25,26)12-15)18(24)14(3)27-19-21-20-17(22(19)4)16-9-7-6-8-13(16)2/h6-9,14-15H,5,10-12H2,1-4H3/t14-,15+/m0/s1. The molecule has 7 nitrogen and oxygen atoms in total. The van der Waals surface area contributed by atoms with E-state index in [4.69, 9.17) is 0 Å². The lowest BCUT2D eigenvalue weighted by atomic mass is 10.1. The minimum atomic E-state index is -3.03. The molecule has 0 bridgehead atoms. The summed E-state index contributed by atoms with van der Waals surface area (Å²) in [5.41, 5.74) is 2.12. The number of sulfone groups is 1. The van der Waals surface area contributed by atoms with E-state index in [0.29, 0.717) is 18.1 Å². The fraction of sp³-hybridized carbons (Fsp3) is 0.526. The lowest BCUT2D eigenvalue weighted by Gasteiger charge is -2.29. The van der Waals surface area contributed by atoms with Crippen LogP contribution in [-0.2, 0) is 21.7 Å². The summed E-state index contributed by atoms with van der Waals surface area (Å²) in [5.74, 6) is 0.918. The quantitative estimate of drug-likeness (QED) is 0.664. The van der Waals surface area contributed by atoms with Gasteiger partial charge in [-0.15, -0.1) is 10.2 Å². The van der Waals surface area contributed by atoms with E-state index >= 15 is 0 Å². The van der Waals surface area contributed by atoms with Gasteiger partial charge in [0.15, 0.2) is 20.8 Å². The highest BCUT2D eigenvalue weighted by atomic mass is 32.2. The zero-order valence-electron chi connectivity index (χ0n) is 16.6. The summed E-state index contributed by atoms with van der Waals surface area (Å²) < 4.78 is 25.5. The molecule has 9 heteroatoms. The molecule has 28 heavy (non-hydrogen) atoms. The molecule has 1 amide bonds. The van der Waals surface area contributed by atoms with Crippen molar-refractivity contribution in [3.63, 3.8) is 0 Å². The lowest BCUT2D eigenvalue weighted by molar-refractivity contribution is -0.131. The number of hydrogen-bond acceptors (Lipinski definition) is 6. The van der Waals surface area contributed by atoms with E-state index in [-0.39, 0.29) is 28.7 Å². The number of hydrogen-bond donors (Lipinski definition) is 0. The molecule has 0 N–H and O–H groups in total. The molecule has 1 aromatic heterocycles. The van der Waals surface area contributed by atoms with Crippen LogP contribution in [0.2, 0.25) is 0 Å². The van der Waals surface area contributed by atoms with Crippen LogP contribution in [0.5, 0.6) is 0 Å². The second-order valence-corrected chi connectivity index (χ2v) is 10.7. The Morgan fingerprint density at radius 1 is 1.36 bits per heavy atom. The van der Waals surface area contributed by atoms with Crippen molar-refractivity contribution in [2.24, 2.45) is 7.05 Å². The second kappa shape index (κ2) is 8.24. The van der Waals surface area contributed by atoms with Gasteiger partial charge in [0.25, 0.3) is 0 Å². The summed E-state index contributed by atoms with van der Waals surface area (Å²) in [6.45, 7) is 6.25. The van der Waals surface area contributed by atoms with E-state index < -0.39 is 9.84 Å². The van der Waals surface area contributed by atoms with Gasteiger partial charge in [0.05, 0.1) is 16.8 Å². The lowest BCUT2D eigenvalue weighted by Crippen LogP contribution is -2.44. The van der Waals surface area contributed by atoms with Crippen LogP contribution in [-0.4, -0.2) is 63.3 Å². The molecule has 2 aromatic rings. The molecular weight excluding hydrogens is 396 g/mol. The average Bonchev–Trinajstić information content (AvgIpc) is 3.18. The molecule has 1 aliphatic rings. The molecule has 2 atom stereocenters. The average molecular weight is 423 g/mol. The number of carbonyl (C=O) groups excluding carboxylic acids is 1. The van der Waals surface area contributed by atoms with Gasteiger partial charge in [0.1, 0.15) is 0 Å². The van der Waals surface area contributed by atoms with Gasteiger partial charge in [0, 0.05) is 25.2 Å². The van der Waals surface area contributed by atoms with Crippen molar-refractivity contribution in [1.82, 2.24) is 19.7 Å². The fourth-order valence-corrected chi connectivity index (χ4v) is 6.15. The molecule has 1 saturated heterocycles. The Balaban J connectivity index is 1.75. The van der Waals surface area contributed by atoms with Crippen LogP contribution in [0, 0.1) is 6.92 Å². The third kappa shape index (κ3) is 4.25. The normalized spacial score (nSPS) is 19.5. The molecule has 2 heterocycles. The Bertz CT molecular complexity index is 971. The van der Waals surface area contributed by atoms with E-state index in [0.717, 1.165) is 17.0 Å². The van der Waals surface area contributed by atoms with Gasteiger partial charge in [-0.1, -0.05) is 36.0 Å². The summed E-state index contributed by atoms with van der Waals surface area (Å²) in [4.78, 5) is 14.7. The number of thioether (sulfide) groups is 1. The highest BCUT2D eigenvalue weighted by Gasteiger charge is 2.35. The first-order chi connectivity index (χ1) is 13.2. The molecule has 0 aliphatic carbocycles. The number of amides is 1. The molecule has 1 aromatic carbocycles.